The lowest BCUT2D eigenvalue weighted by Gasteiger charge is -2.05. The number of hydrogen-bond acceptors (Lipinski definition) is 3. The van der Waals surface area contributed by atoms with E-state index in [-0.39, 0.29) is 11.6 Å². The topological polar surface area (TPSA) is 66.9 Å². The van der Waals surface area contributed by atoms with E-state index < -0.39 is 4.92 Å². The SMILES string of the molecule is CC(C#N)c1cccc([N+](=O)[O-])c1Br. The lowest BCUT2D eigenvalue weighted by atomic mass is 10.0. The highest BCUT2D eigenvalue weighted by Crippen LogP contribution is 2.32. The Labute approximate surface area is 89.4 Å². The van der Waals surface area contributed by atoms with Crippen molar-refractivity contribution in [1.82, 2.24) is 0 Å². The van der Waals surface area contributed by atoms with Crippen LogP contribution in [-0.4, -0.2) is 4.92 Å². The molecule has 1 atom stereocenters. The molecule has 0 aliphatic carbocycles. The summed E-state index contributed by atoms with van der Waals surface area (Å²) in [6, 6.07) is 6.71. The van der Waals surface area contributed by atoms with Gasteiger partial charge in [-0.25, -0.2) is 0 Å². The summed E-state index contributed by atoms with van der Waals surface area (Å²) in [5, 5.41) is 19.3. The van der Waals surface area contributed by atoms with Crippen LogP contribution in [0.15, 0.2) is 22.7 Å². The lowest BCUT2D eigenvalue weighted by Crippen LogP contribution is -1.96. The minimum atomic E-state index is -0.475. The van der Waals surface area contributed by atoms with Crippen LogP contribution < -0.4 is 0 Å². The fourth-order valence-corrected chi connectivity index (χ4v) is 1.83. The smallest absolute Gasteiger partial charge is 0.258 e. The summed E-state index contributed by atoms with van der Waals surface area (Å²) in [5.74, 6) is -0.357. The van der Waals surface area contributed by atoms with Gasteiger partial charge >= 0.3 is 0 Å². The van der Waals surface area contributed by atoms with E-state index in [2.05, 4.69) is 15.9 Å². The maximum absolute atomic E-state index is 10.6. The van der Waals surface area contributed by atoms with Crippen LogP contribution in [-0.2, 0) is 0 Å². The summed E-state index contributed by atoms with van der Waals surface area (Å²) >= 11 is 3.13. The van der Waals surface area contributed by atoms with Crippen LogP contribution in [0.2, 0.25) is 0 Å². The van der Waals surface area contributed by atoms with E-state index >= 15 is 0 Å². The highest BCUT2D eigenvalue weighted by molar-refractivity contribution is 9.10. The van der Waals surface area contributed by atoms with Gasteiger partial charge in [0.05, 0.1) is 21.4 Å². The first kappa shape index (κ1) is 10.7. The molecule has 1 rings (SSSR count). The Morgan fingerprint density at radius 2 is 2.29 bits per heavy atom. The number of benzene rings is 1. The van der Waals surface area contributed by atoms with Crippen molar-refractivity contribution in [2.24, 2.45) is 0 Å². The molecular formula is C9H7BrN2O2. The van der Waals surface area contributed by atoms with Crippen molar-refractivity contribution in [2.45, 2.75) is 12.8 Å². The molecule has 0 saturated heterocycles. The standard InChI is InChI=1S/C9H7BrN2O2/c1-6(5-11)7-3-2-4-8(9(7)10)12(13)14/h2-4,6H,1H3. The van der Waals surface area contributed by atoms with Gasteiger partial charge in [-0.1, -0.05) is 12.1 Å². The number of nitro benzene ring substituents is 1. The van der Waals surface area contributed by atoms with E-state index in [0.29, 0.717) is 10.0 Å². The van der Waals surface area contributed by atoms with E-state index in [4.69, 9.17) is 5.26 Å². The van der Waals surface area contributed by atoms with Crippen LogP contribution in [0.3, 0.4) is 0 Å². The molecule has 0 aromatic heterocycles. The molecule has 0 fully saturated rings. The van der Waals surface area contributed by atoms with Gasteiger partial charge in [-0.15, -0.1) is 0 Å². The first-order valence-electron chi connectivity index (χ1n) is 3.90. The van der Waals surface area contributed by atoms with E-state index in [9.17, 15) is 10.1 Å². The Bertz CT molecular complexity index is 412. The number of nitriles is 1. The van der Waals surface area contributed by atoms with Crippen molar-refractivity contribution in [1.29, 1.82) is 5.26 Å². The van der Waals surface area contributed by atoms with Gasteiger partial charge in [-0.05, 0) is 28.4 Å². The maximum Gasteiger partial charge on any atom is 0.283 e. The molecule has 0 saturated carbocycles. The van der Waals surface area contributed by atoms with Gasteiger partial charge in [0, 0.05) is 6.07 Å². The molecular weight excluding hydrogens is 248 g/mol. The summed E-state index contributed by atoms with van der Waals surface area (Å²) in [5.41, 5.74) is 0.631. The average Bonchev–Trinajstić information content (AvgIpc) is 2.16. The van der Waals surface area contributed by atoms with Crippen LogP contribution >= 0.6 is 15.9 Å². The second-order valence-electron chi connectivity index (χ2n) is 2.79. The third kappa shape index (κ3) is 1.91. The molecule has 72 valence electrons. The zero-order valence-corrected chi connectivity index (χ0v) is 8.98. The Kier molecular flexibility index (Phi) is 3.20. The third-order valence-electron chi connectivity index (χ3n) is 1.87. The van der Waals surface area contributed by atoms with E-state index in [1.807, 2.05) is 6.07 Å². The van der Waals surface area contributed by atoms with Crippen LogP contribution in [0.25, 0.3) is 0 Å². The summed E-state index contributed by atoms with van der Waals surface area (Å²) < 4.78 is 0.388. The molecule has 14 heavy (non-hydrogen) atoms. The Balaban J connectivity index is 3.29. The van der Waals surface area contributed by atoms with E-state index in [1.54, 1.807) is 19.1 Å². The molecule has 4 nitrogen and oxygen atoms in total. The second kappa shape index (κ2) is 4.20. The van der Waals surface area contributed by atoms with Gasteiger partial charge in [0.25, 0.3) is 5.69 Å². The average molecular weight is 255 g/mol. The summed E-state index contributed by atoms with van der Waals surface area (Å²) in [4.78, 5) is 10.1. The molecule has 1 aromatic carbocycles. The molecule has 0 aliphatic heterocycles. The molecule has 0 spiro atoms. The molecule has 0 N–H and O–H groups in total. The zero-order chi connectivity index (χ0) is 10.7. The molecule has 0 radical (unpaired) electrons. The zero-order valence-electron chi connectivity index (χ0n) is 7.40. The monoisotopic (exact) mass is 254 g/mol. The van der Waals surface area contributed by atoms with Gasteiger partial charge in [-0.2, -0.15) is 5.26 Å². The summed E-state index contributed by atoms with van der Waals surface area (Å²) in [6.07, 6.45) is 0. The van der Waals surface area contributed by atoms with Crippen molar-refractivity contribution < 1.29 is 4.92 Å². The minimum absolute atomic E-state index is 0.00963. The fourth-order valence-electron chi connectivity index (χ4n) is 1.08. The van der Waals surface area contributed by atoms with Gasteiger partial charge in [0.2, 0.25) is 0 Å². The summed E-state index contributed by atoms with van der Waals surface area (Å²) in [6.45, 7) is 1.70. The van der Waals surface area contributed by atoms with E-state index in [0.717, 1.165) is 0 Å². The molecule has 1 unspecified atom stereocenters. The van der Waals surface area contributed by atoms with Gasteiger partial charge in [0.1, 0.15) is 0 Å². The molecule has 1 aromatic rings. The predicted octanol–water partition coefficient (Wildman–Crippen LogP) is 2.98. The molecule has 0 aliphatic rings. The van der Waals surface area contributed by atoms with Crippen LogP contribution in [0.4, 0.5) is 5.69 Å². The number of hydrogen-bond donors (Lipinski definition) is 0. The second-order valence-corrected chi connectivity index (χ2v) is 3.58. The summed E-state index contributed by atoms with van der Waals surface area (Å²) in [7, 11) is 0. The first-order valence-corrected chi connectivity index (χ1v) is 4.69. The van der Waals surface area contributed by atoms with Crippen molar-refractivity contribution >= 4 is 21.6 Å². The van der Waals surface area contributed by atoms with Crippen LogP contribution in [0.5, 0.6) is 0 Å². The molecule has 0 bridgehead atoms. The largest absolute Gasteiger partial charge is 0.283 e. The van der Waals surface area contributed by atoms with Gasteiger partial charge in [-0.3, -0.25) is 10.1 Å². The highest BCUT2D eigenvalue weighted by atomic mass is 79.9. The third-order valence-corrected chi connectivity index (χ3v) is 2.73. The number of halogens is 1. The lowest BCUT2D eigenvalue weighted by molar-refractivity contribution is -0.385. The van der Waals surface area contributed by atoms with Gasteiger partial charge < -0.3 is 0 Å². The Hall–Kier alpha value is -1.41. The van der Waals surface area contributed by atoms with Crippen LogP contribution in [0, 0.1) is 21.4 Å². The number of nitrogens with zero attached hydrogens (tertiary/aromatic N) is 2. The predicted molar refractivity (Wildman–Crippen MR) is 54.8 cm³/mol. The maximum atomic E-state index is 10.6. The minimum Gasteiger partial charge on any atom is -0.258 e. The quantitative estimate of drug-likeness (QED) is 0.602. The molecule has 0 amide bonds. The normalized spacial score (nSPS) is 11.8. The van der Waals surface area contributed by atoms with E-state index in [1.165, 1.54) is 6.07 Å². The Morgan fingerprint density at radius 3 is 2.79 bits per heavy atom. The molecule has 0 heterocycles. The van der Waals surface area contributed by atoms with Crippen molar-refractivity contribution in [3.63, 3.8) is 0 Å². The highest BCUT2D eigenvalue weighted by Gasteiger charge is 2.17. The Morgan fingerprint density at radius 1 is 1.64 bits per heavy atom. The fraction of sp³-hybridized carbons (Fsp3) is 0.222. The van der Waals surface area contributed by atoms with Crippen LogP contribution in [0.1, 0.15) is 18.4 Å². The van der Waals surface area contributed by atoms with Gasteiger partial charge in [0.15, 0.2) is 0 Å². The number of nitro groups is 1. The molecule has 5 heteroatoms. The first-order chi connectivity index (χ1) is 6.57. The van der Waals surface area contributed by atoms with Crippen molar-refractivity contribution in [3.05, 3.63) is 38.3 Å². The number of rotatable bonds is 2. The van der Waals surface area contributed by atoms with Crippen molar-refractivity contribution in [2.75, 3.05) is 0 Å². The van der Waals surface area contributed by atoms with Crippen molar-refractivity contribution in [3.8, 4) is 6.07 Å².